The summed E-state index contributed by atoms with van der Waals surface area (Å²) in [5.41, 5.74) is 8.71. The van der Waals surface area contributed by atoms with E-state index in [2.05, 4.69) is 20.1 Å². The van der Waals surface area contributed by atoms with Gasteiger partial charge in [0.2, 0.25) is 5.91 Å². The van der Waals surface area contributed by atoms with Crippen molar-refractivity contribution < 1.29 is 14.1 Å². The number of aromatic nitrogens is 4. The van der Waals surface area contributed by atoms with Gasteiger partial charge in [-0.25, -0.2) is 4.98 Å². The first-order valence-electron chi connectivity index (χ1n) is 16.6. The number of amides is 2. The summed E-state index contributed by atoms with van der Waals surface area (Å²) in [6.07, 6.45) is 13.4. The first kappa shape index (κ1) is 31.7. The van der Waals surface area contributed by atoms with Gasteiger partial charge in [0.15, 0.2) is 0 Å². The number of hydrogen-bond acceptors (Lipinski definition) is 7. The number of nitrogens with two attached hydrogens (primary N) is 1. The number of hydrogen-bond donors (Lipinski definition) is 1. The molecule has 10 nitrogen and oxygen atoms in total. The van der Waals surface area contributed by atoms with Gasteiger partial charge in [0.05, 0.1) is 11.6 Å². The topological polar surface area (TPSA) is 123 Å². The van der Waals surface area contributed by atoms with Gasteiger partial charge < -0.3 is 20.1 Å². The van der Waals surface area contributed by atoms with E-state index in [4.69, 9.17) is 21.9 Å². The van der Waals surface area contributed by atoms with Gasteiger partial charge in [-0.15, -0.1) is 0 Å². The second-order valence-corrected chi connectivity index (χ2v) is 14.0. The van der Waals surface area contributed by atoms with Crippen molar-refractivity contribution in [3.05, 3.63) is 64.5 Å². The van der Waals surface area contributed by atoms with Crippen LogP contribution in [0.5, 0.6) is 0 Å². The molecule has 2 amide bonds. The minimum absolute atomic E-state index is 0.0905. The summed E-state index contributed by atoms with van der Waals surface area (Å²) >= 11 is 6.22. The van der Waals surface area contributed by atoms with Crippen LogP contribution >= 0.6 is 11.6 Å². The lowest BCUT2D eigenvalue weighted by Gasteiger charge is -2.49. The van der Waals surface area contributed by atoms with Crippen LogP contribution in [0.3, 0.4) is 0 Å². The molecule has 1 aromatic carbocycles. The minimum atomic E-state index is -0.445. The molecule has 242 valence electrons. The standard InChI is InChI=1S/C34H46ClN7O3/c1-23-31(24(2)45-39-23)33(44)42-15-12-28(36)19-30(42)29(18-25-8-10-27(35)11-9-25)32(43)40-16-13-34(14-17-40,20-41-22-37-21-38-41)26-6-4-3-5-7-26/h8-11,21-22,26,28-30H,3-7,12-20,36H2,1-2H3/t28?,29-,30?/m1/s1. The van der Waals surface area contributed by atoms with Crippen molar-refractivity contribution in [1.82, 2.24) is 29.7 Å². The van der Waals surface area contributed by atoms with Crippen LogP contribution in [0, 0.1) is 31.1 Å². The van der Waals surface area contributed by atoms with Gasteiger partial charge in [-0.05, 0) is 87.8 Å². The Kier molecular flexibility index (Phi) is 9.61. The third-order valence-corrected chi connectivity index (χ3v) is 11.1. The number of likely N-dealkylation sites (tertiary alicyclic amines) is 2. The van der Waals surface area contributed by atoms with Crippen LogP contribution in [0.1, 0.15) is 85.2 Å². The van der Waals surface area contributed by atoms with Crippen molar-refractivity contribution in [1.29, 1.82) is 0 Å². The lowest BCUT2D eigenvalue weighted by Crippen LogP contribution is -2.58. The Bertz CT molecular complexity index is 1420. The largest absolute Gasteiger partial charge is 0.361 e. The number of rotatable bonds is 8. The molecular weight excluding hydrogens is 590 g/mol. The summed E-state index contributed by atoms with van der Waals surface area (Å²) in [6, 6.07) is 7.25. The van der Waals surface area contributed by atoms with Crippen LogP contribution in [0.2, 0.25) is 5.02 Å². The summed E-state index contributed by atoms with van der Waals surface area (Å²) < 4.78 is 7.34. The highest BCUT2D eigenvalue weighted by Gasteiger charge is 2.46. The fourth-order valence-electron chi connectivity index (χ4n) is 8.31. The Labute approximate surface area is 270 Å². The van der Waals surface area contributed by atoms with Crippen LogP contribution in [-0.2, 0) is 17.8 Å². The average molecular weight is 636 g/mol. The van der Waals surface area contributed by atoms with Crippen molar-refractivity contribution >= 4 is 23.4 Å². The molecule has 1 aliphatic carbocycles. The molecular formula is C34H46ClN7O3. The predicted octanol–water partition coefficient (Wildman–Crippen LogP) is 5.22. The molecule has 45 heavy (non-hydrogen) atoms. The number of piperidine rings is 2. The van der Waals surface area contributed by atoms with Gasteiger partial charge in [0.25, 0.3) is 5.91 Å². The normalized spacial score (nSPS) is 23.2. The molecule has 6 rings (SSSR count). The highest BCUT2D eigenvalue weighted by atomic mass is 35.5. The number of aryl methyl sites for hydroxylation is 2. The Hall–Kier alpha value is -3.24. The second-order valence-electron chi connectivity index (χ2n) is 13.6. The Morgan fingerprint density at radius 2 is 1.80 bits per heavy atom. The smallest absolute Gasteiger partial charge is 0.259 e. The minimum Gasteiger partial charge on any atom is -0.361 e. The average Bonchev–Trinajstić information content (AvgIpc) is 3.69. The zero-order chi connectivity index (χ0) is 31.6. The molecule has 0 radical (unpaired) electrons. The third-order valence-electron chi connectivity index (χ3n) is 10.8. The SMILES string of the molecule is Cc1noc(C)c1C(=O)N1CCC(N)CC1[C@@H](Cc1ccc(Cl)cc1)C(=O)N1CCC(Cn2cncn2)(C2CCCCC2)CC1. The first-order valence-corrected chi connectivity index (χ1v) is 17.0. The molecule has 3 aromatic rings. The molecule has 3 atom stereocenters. The monoisotopic (exact) mass is 635 g/mol. The van der Waals surface area contributed by atoms with E-state index in [1.807, 2.05) is 40.2 Å². The molecule has 2 aromatic heterocycles. The Balaban J connectivity index is 1.28. The molecule has 0 spiro atoms. The fraction of sp³-hybridized carbons (Fsp3) is 0.618. The number of carbonyl (C=O) groups is 2. The predicted molar refractivity (Wildman–Crippen MR) is 172 cm³/mol. The van der Waals surface area contributed by atoms with Crippen molar-refractivity contribution in [2.24, 2.45) is 23.0 Å². The summed E-state index contributed by atoms with van der Waals surface area (Å²) in [7, 11) is 0. The molecule has 3 fully saturated rings. The number of benzene rings is 1. The summed E-state index contributed by atoms with van der Waals surface area (Å²) in [5, 5.41) is 9.15. The molecule has 2 unspecified atom stereocenters. The second kappa shape index (κ2) is 13.6. The van der Waals surface area contributed by atoms with Gasteiger partial charge in [-0.1, -0.05) is 48.2 Å². The highest BCUT2D eigenvalue weighted by Crippen LogP contribution is 2.47. The lowest BCUT2D eigenvalue weighted by atomic mass is 9.63. The van der Waals surface area contributed by atoms with Crippen molar-refractivity contribution in [3.8, 4) is 0 Å². The summed E-state index contributed by atoms with van der Waals surface area (Å²) in [5.74, 6) is 0.629. The highest BCUT2D eigenvalue weighted by molar-refractivity contribution is 6.30. The first-order chi connectivity index (χ1) is 21.7. The third kappa shape index (κ3) is 6.82. The van der Waals surface area contributed by atoms with Crippen molar-refractivity contribution in [2.45, 2.75) is 96.7 Å². The van der Waals surface area contributed by atoms with E-state index in [0.29, 0.717) is 66.9 Å². The Morgan fingerprint density at radius 1 is 1.07 bits per heavy atom. The number of halogens is 1. The van der Waals surface area contributed by atoms with Gasteiger partial charge in [0, 0.05) is 43.3 Å². The van der Waals surface area contributed by atoms with Crippen molar-refractivity contribution in [3.63, 3.8) is 0 Å². The van der Waals surface area contributed by atoms with Crippen LogP contribution in [0.15, 0.2) is 41.4 Å². The molecule has 2 saturated heterocycles. The van der Waals surface area contributed by atoms with E-state index in [1.54, 1.807) is 20.2 Å². The van der Waals surface area contributed by atoms with Crippen LogP contribution in [0.4, 0.5) is 0 Å². The fourth-order valence-corrected chi connectivity index (χ4v) is 8.43. The van der Waals surface area contributed by atoms with E-state index < -0.39 is 5.92 Å². The van der Waals surface area contributed by atoms with Gasteiger partial charge in [-0.2, -0.15) is 5.10 Å². The van der Waals surface area contributed by atoms with Gasteiger partial charge >= 0.3 is 0 Å². The zero-order valence-electron chi connectivity index (χ0n) is 26.5. The lowest BCUT2D eigenvalue weighted by molar-refractivity contribution is -0.141. The summed E-state index contributed by atoms with van der Waals surface area (Å²) in [4.78, 5) is 36.9. The molecule has 0 bridgehead atoms. The van der Waals surface area contributed by atoms with Gasteiger partial charge in [0.1, 0.15) is 24.0 Å². The van der Waals surface area contributed by atoms with Crippen LogP contribution in [0.25, 0.3) is 0 Å². The molecule has 2 aliphatic heterocycles. The Morgan fingerprint density at radius 3 is 2.44 bits per heavy atom. The number of carbonyl (C=O) groups excluding carboxylic acids is 2. The molecule has 2 N–H and O–H groups in total. The molecule has 11 heteroatoms. The van der Waals surface area contributed by atoms with E-state index in [1.165, 1.54) is 32.1 Å². The van der Waals surface area contributed by atoms with Crippen LogP contribution < -0.4 is 5.73 Å². The maximum atomic E-state index is 14.7. The number of nitrogens with zero attached hydrogens (tertiary/aromatic N) is 6. The maximum absolute atomic E-state index is 14.7. The van der Waals surface area contributed by atoms with E-state index in [0.717, 1.165) is 24.9 Å². The molecule has 1 saturated carbocycles. The van der Waals surface area contributed by atoms with E-state index in [9.17, 15) is 9.59 Å². The quantitative estimate of drug-likeness (QED) is 0.360. The molecule has 3 aliphatic rings. The zero-order valence-corrected chi connectivity index (χ0v) is 27.3. The van der Waals surface area contributed by atoms with Crippen LogP contribution in [-0.4, -0.2) is 73.3 Å². The molecule has 4 heterocycles. The van der Waals surface area contributed by atoms with E-state index >= 15 is 0 Å². The van der Waals surface area contributed by atoms with Gasteiger partial charge in [-0.3, -0.25) is 14.3 Å². The van der Waals surface area contributed by atoms with E-state index in [-0.39, 0.29) is 29.3 Å². The maximum Gasteiger partial charge on any atom is 0.259 e. The summed E-state index contributed by atoms with van der Waals surface area (Å²) in [6.45, 7) is 6.26. The van der Waals surface area contributed by atoms with Crippen molar-refractivity contribution in [2.75, 3.05) is 19.6 Å².